The minimum absolute atomic E-state index is 0.505. The van der Waals surface area contributed by atoms with Gasteiger partial charge in [0, 0.05) is 0 Å². The molecule has 0 atom stereocenters. The minimum atomic E-state index is 0.505. The summed E-state index contributed by atoms with van der Waals surface area (Å²) in [5.74, 6) is 0.717. The van der Waals surface area contributed by atoms with Crippen LogP contribution in [0.15, 0.2) is 6.07 Å². The van der Waals surface area contributed by atoms with Gasteiger partial charge in [0.1, 0.15) is 11.3 Å². The van der Waals surface area contributed by atoms with Crippen molar-refractivity contribution >= 4 is 38.3 Å². The fraction of sp³-hybridized carbons (Fsp3) is 0.222. The average molecular weight is 229 g/mol. The van der Waals surface area contributed by atoms with Crippen LogP contribution in [-0.2, 0) is 0 Å². The smallest absolute Gasteiger partial charge is 0.181 e. The molecule has 1 aromatic heterocycles. The first-order valence-corrected chi connectivity index (χ1v) is 5.22. The maximum absolute atomic E-state index is 6.13. The van der Waals surface area contributed by atoms with Gasteiger partial charge in [0.25, 0.3) is 0 Å². The molecular weight excluding hydrogens is 220 g/mol. The van der Waals surface area contributed by atoms with Crippen LogP contribution in [-0.4, -0.2) is 12.1 Å². The molecule has 0 radical (unpaired) electrons. The number of fused-ring (bicyclic) bond motifs is 1. The van der Waals surface area contributed by atoms with E-state index in [0.29, 0.717) is 10.2 Å². The molecule has 2 rings (SSSR count). The predicted molar refractivity (Wildman–Crippen MR) is 60.3 cm³/mol. The minimum Gasteiger partial charge on any atom is -0.494 e. The van der Waals surface area contributed by atoms with Crippen LogP contribution >= 0.6 is 22.9 Å². The summed E-state index contributed by atoms with van der Waals surface area (Å²) in [5.41, 5.74) is 7.34. The predicted octanol–water partition coefficient (Wildman–Crippen LogP) is 2.85. The van der Waals surface area contributed by atoms with Crippen molar-refractivity contribution in [3.8, 4) is 5.75 Å². The Bertz CT molecular complexity index is 495. The van der Waals surface area contributed by atoms with E-state index in [1.54, 1.807) is 7.11 Å². The monoisotopic (exact) mass is 228 g/mol. The van der Waals surface area contributed by atoms with E-state index >= 15 is 0 Å². The van der Waals surface area contributed by atoms with E-state index in [1.165, 1.54) is 11.3 Å². The number of nitrogens with two attached hydrogens (primary N) is 1. The molecule has 3 nitrogen and oxygen atoms in total. The Kier molecular flexibility index (Phi) is 2.25. The van der Waals surface area contributed by atoms with Gasteiger partial charge in [-0.15, -0.1) is 0 Å². The van der Waals surface area contributed by atoms with Crippen LogP contribution in [0.4, 0.5) is 5.13 Å². The Balaban J connectivity index is 2.88. The van der Waals surface area contributed by atoms with E-state index in [1.807, 2.05) is 13.0 Å². The average Bonchev–Trinajstić information content (AvgIpc) is 2.54. The number of halogens is 1. The van der Waals surface area contributed by atoms with Crippen molar-refractivity contribution in [1.29, 1.82) is 0 Å². The van der Waals surface area contributed by atoms with Gasteiger partial charge in [-0.2, -0.15) is 0 Å². The van der Waals surface area contributed by atoms with Gasteiger partial charge in [-0.3, -0.25) is 0 Å². The van der Waals surface area contributed by atoms with Crippen molar-refractivity contribution in [1.82, 2.24) is 4.98 Å². The summed E-state index contributed by atoms with van der Waals surface area (Å²) in [7, 11) is 1.61. The lowest BCUT2D eigenvalue weighted by Crippen LogP contribution is -1.87. The molecule has 0 saturated carbocycles. The molecule has 0 spiro atoms. The van der Waals surface area contributed by atoms with Crippen molar-refractivity contribution in [2.75, 3.05) is 12.8 Å². The Morgan fingerprint density at radius 3 is 2.93 bits per heavy atom. The fourth-order valence-electron chi connectivity index (χ4n) is 1.32. The number of rotatable bonds is 1. The van der Waals surface area contributed by atoms with Crippen molar-refractivity contribution in [3.63, 3.8) is 0 Å². The molecule has 74 valence electrons. The molecule has 0 aliphatic carbocycles. The highest BCUT2D eigenvalue weighted by molar-refractivity contribution is 7.22. The molecular formula is C9H9ClN2OS. The molecule has 0 aliphatic rings. The first-order valence-electron chi connectivity index (χ1n) is 4.02. The number of hydrogen-bond donors (Lipinski definition) is 1. The molecule has 1 aromatic carbocycles. The number of aryl methyl sites for hydroxylation is 1. The molecule has 2 N–H and O–H groups in total. The van der Waals surface area contributed by atoms with Gasteiger partial charge in [-0.25, -0.2) is 4.98 Å². The van der Waals surface area contributed by atoms with Gasteiger partial charge in [0.05, 0.1) is 16.8 Å². The van der Waals surface area contributed by atoms with E-state index in [9.17, 15) is 0 Å². The molecule has 0 fully saturated rings. The molecule has 0 bridgehead atoms. The summed E-state index contributed by atoms with van der Waals surface area (Å²) in [4.78, 5) is 4.17. The van der Waals surface area contributed by atoms with Crippen LogP contribution in [0.2, 0.25) is 5.02 Å². The second-order valence-electron chi connectivity index (χ2n) is 2.94. The molecule has 2 aromatic rings. The number of anilines is 1. The molecule has 0 unspecified atom stereocenters. The summed E-state index contributed by atoms with van der Waals surface area (Å²) >= 11 is 7.50. The van der Waals surface area contributed by atoms with Crippen molar-refractivity contribution in [2.24, 2.45) is 0 Å². The summed E-state index contributed by atoms with van der Waals surface area (Å²) in [5, 5.41) is 1.21. The third-order valence-electron chi connectivity index (χ3n) is 1.99. The Hall–Kier alpha value is -1.00. The molecule has 0 amide bonds. The van der Waals surface area contributed by atoms with Crippen molar-refractivity contribution < 1.29 is 4.74 Å². The lowest BCUT2D eigenvalue weighted by molar-refractivity contribution is 0.419. The Morgan fingerprint density at radius 1 is 1.57 bits per heavy atom. The largest absolute Gasteiger partial charge is 0.494 e. The number of nitrogen functional groups attached to an aromatic ring is 1. The highest BCUT2D eigenvalue weighted by atomic mass is 35.5. The van der Waals surface area contributed by atoms with Gasteiger partial charge in [0.15, 0.2) is 5.13 Å². The van der Waals surface area contributed by atoms with Gasteiger partial charge >= 0.3 is 0 Å². The second-order valence-corrected chi connectivity index (χ2v) is 4.35. The van der Waals surface area contributed by atoms with E-state index in [0.717, 1.165) is 21.5 Å². The Morgan fingerprint density at radius 2 is 2.29 bits per heavy atom. The SMILES string of the molecule is COc1cc(C)c(Cl)c2sc(N)nc12. The van der Waals surface area contributed by atoms with Crippen LogP contribution in [0.25, 0.3) is 10.2 Å². The first kappa shape index (κ1) is 9.55. The zero-order valence-corrected chi connectivity index (χ0v) is 9.37. The maximum Gasteiger partial charge on any atom is 0.181 e. The lowest BCUT2D eigenvalue weighted by Gasteiger charge is -2.04. The number of ether oxygens (including phenoxy) is 1. The topological polar surface area (TPSA) is 48.1 Å². The van der Waals surface area contributed by atoms with Gasteiger partial charge in [0.2, 0.25) is 0 Å². The molecule has 1 heterocycles. The third-order valence-corrected chi connectivity index (χ3v) is 3.49. The van der Waals surface area contributed by atoms with E-state index in [-0.39, 0.29) is 0 Å². The van der Waals surface area contributed by atoms with E-state index < -0.39 is 0 Å². The number of nitrogens with zero attached hydrogens (tertiary/aromatic N) is 1. The number of thiazole rings is 1. The number of methoxy groups -OCH3 is 1. The van der Waals surface area contributed by atoms with Crippen molar-refractivity contribution in [3.05, 3.63) is 16.7 Å². The van der Waals surface area contributed by atoms with Gasteiger partial charge in [-0.1, -0.05) is 22.9 Å². The van der Waals surface area contributed by atoms with Gasteiger partial charge in [-0.05, 0) is 18.6 Å². The van der Waals surface area contributed by atoms with E-state index in [2.05, 4.69) is 4.98 Å². The lowest BCUT2D eigenvalue weighted by atomic mass is 10.2. The summed E-state index contributed by atoms with van der Waals surface area (Å²) in [6, 6.07) is 1.86. The van der Waals surface area contributed by atoms with E-state index in [4.69, 9.17) is 22.1 Å². The standard InChI is InChI=1S/C9H9ClN2OS/c1-4-3-5(13-2)7-8(6(4)10)14-9(11)12-7/h3H,1-2H3,(H2,11,12). The highest BCUT2D eigenvalue weighted by Gasteiger charge is 2.12. The summed E-state index contributed by atoms with van der Waals surface area (Å²) in [6.07, 6.45) is 0. The van der Waals surface area contributed by atoms with Gasteiger partial charge < -0.3 is 10.5 Å². The Labute approximate surface area is 90.5 Å². The quantitative estimate of drug-likeness (QED) is 0.817. The van der Waals surface area contributed by atoms with Crippen LogP contribution in [0, 0.1) is 6.92 Å². The highest BCUT2D eigenvalue weighted by Crippen LogP contribution is 2.38. The molecule has 0 saturated heterocycles. The summed E-state index contributed by atoms with van der Waals surface area (Å²) in [6.45, 7) is 1.93. The molecule has 5 heteroatoms. The maximum atomic E-state index is 6.13. The molecule has 14 heavy (non-hydrogen) atoms. The second kappa shape index (κ2) is 3.29. The van der Waals surface area contributed by atoms with Crippen molar-refractivity contribution in [2.45, 2.75) is 6.92 Å². The third kappa shape index (κ3) is 1.31. The fourth-order valence-corrected chi connectivity index (χ4v) is 2.41. The van der Waals surface area contributed by atoms with Crippen LogP contribution < -0.4 is 10.5 Å². The number of aromatic nitrogens is 1. The summed E-state index contributed by atoms with van der Waals surface area (Å²) < 4.78 is 6.10. The molecule has 0 aliphatic heterocycles. The number of hydrogen-bond acceptors (Lipinski definition) is 4. The normalized spacial score (nSPS) is 10.8. The zero-order chi connectivity index (χ0) is 10.3. The zero-order valence-electron chi connectivity index (χ0n) is 7.80. The van der Waals surface area contributed by atoms with Crippen LogP contribution in [0.3, 0.4) is 0 Å². The number of benzene rings is 1. The van der Waals surface area contributed by atoms with Crippen LogP contribution in [0.1, 0.15) is 5.56 Å². The van der Waals surface area contributed by atoms with Crippen LogP contribution in [0.5, 0.6) is 5.75 Å². The first-order chi connectivity index (χ1) is 6.63.